The molecule has 0 fully saturated rings. The van der Waals surface area contributed by atoms with E-state index >= 15 is 0 Å². The highest BCUT2D eigenvalue weighted by molar-refractivity contribution is 5.52. The maximum absolute atomic E-state index is 9.53. The molecule has 0 saturated heterocycles. The third kappa shape index (κ3) is 2.61. The third-order valence-corrected chi connectivity index (χ3v) is 4.13. The number of anilines is 1. The molecule has 3 N–H and O–H groups in total. The molecule has 0 saturated carbocycles. The zero-order valence-corrected chi connectivity index (χ0v) is 12.1. The molecular formula is C15H25N3O. The maximum atomic E-state index is 9.53. The lowest BCUT2D eigenvalue weighted by Crippen LogP contribution is -2.38. The molecule has 1 aromatic carbocycles. The van der Waals surface area contributed by atoms with Gasteiger partial charge in [0.15, 0.2) is 0 Å². The van der Waals surface area contributed by atoms with Gasteiger partial charge in [-0.05, 0) is 29.7 Å². The minimum absolute atomic E-state index is 0.196. The Bertz CT molecular complexity index is 429. The Morgan fingerprint density at radius 1 is 1.47 bits per heavy atom. The fraction of sp³-hybridized carbons (Fsp3) is 0.600. The average molecular weight is 263 g/mol. The topological polar surface area (TPSA) is 52.7 Å². The lowest BCUT2D eigenvalue weighted by molar-refractivity contribution is 0.0895. The molecule has 2 atom stereocenters. The first-order valence-electron chi connectivity index (χ1n) is 6.99. The fourth-order valence-electron chi connectivity index (χ4n) is 2.91. The molecule has 0 radical (unpaired) electrons. The molecular weight excluding hydrogens is 238 g/mol. The Hall–Kier alpha value is -1.10. The van der Waals surface area contributed by atoms with Gasteiger partial charge >= 0.3 is 0 Å². The van der Waals surface area contributed by atoms with E-state index in [4.69, 9.17) is 5.73 Å². The van der Waals surface area contributed by atoms with Gasteiger partial charge in [-0.1, -0.05) is 13.0 Å². The Kier molecular flexibility index (Phi) is 4.45. The van der Waals surface area contributed by atoms with Crippen LogP contribution in [-0.4, -0.2) is 43.3 Å². The van der Waals surface area contributed by atoms with Crippen LogP contribution in [0.5, 0.6) is 0 Å². The van der Waals surface area contributed by atoms with Crippen molar-refractivity contribution in [2.24, 2.45) is 5.73 Å². The van der Waals surface area contributed by atoms with Gasteiger partial charge in [0, 0.05) is 45.0 Å². The summed E-state index contributed by atoms with van der Waals surface area (Å²) in [7, 11) is 4.10. The summed E-state index contributed by atoms with van der Waals surface area (Å²) in [4.78, 5) is 4.45. The first kappa shape index (κ1) is 14.3. The van der Waals surface area contributed by atoms with Crippen molar-refractivity contribution in [3.8, 4) is 0 Å². The number of hydrogen-bond acceptors (Lipinski definition) is 4. The summed E-state index contributed by atoms with van der Waals surface area (Å²) in [5.41, 5.74) is 9.84. The predicted molar refractivity (Wildman–Crippen MR) is 79.3 cm³/mol. The molecule has 4 heteroatoms. The highest BCUT2D eigenvalue weighted by Crippen LogP contribution is 2.37. The highest BCUT2D eigenvalue weighted by atomic mass is 16.3. The number of aliphatic hydroxyl groups excluding tert-OH is 1. The normalized spacial score (nSPS) is 20.4. The van der Waals surface area contributed by atoms with E-state index in [9.17, 15) is 5.11 Å². The molecule has 1 aliphatic heterocycles. The van der Waals surface area contributed by atoms with E-state index in [-0.39, 0.29) is 18.7 Å². The van der Waals surface area contributed by atoms with Crippen LogP contribution < -0.4 is 10.6 Å². The lowest BCUT2D eigenvalue weighted by Gasteiger charge is -2.31. The summed E-state index contributed by atoms with van der Waals surface area (Å²) in [6.45, 7) is 3.80. The second-order valence-corrected chi connectivity index (χ2v) is 5.45. The number of nitrogens with zero attached hydrogens (tertiary/aromatic N) is 2. The van der Waals surface area contributed by atoms with Gasteiger partial charge in [0.25, 0.3) is 0 Å². The third-order valence-electron chi connectivity index (χ3n) is 4.13. The molecule has 2 rings (SSSR count). The van der Waals surface area contributed by atoms with Gasteiger partial charge in [0.1, 0.15) is 0 Å². The highest BCUT2D eigenvalue weighted by Gasteiger charge is 2.33. The SMILES string of the molecule is CCC(CO)N1Cc2ccc(N(C)C)cc2C1CN. The molecule has 1 aliphatic rings. The Morgan fingerprint density at radius 2 is 2.21 bits per heavy atom. The van der Waals surface area contributed by atoms with Gasteiger partial charge in [-0.2, -0.15) is 0 Å². The van der Waals surface area contributed by atoms with Crippen LogP contribution in [0.25, 0.3) is 0 Å². The summed E-state index contributed by atoms with van der Waals surface area (Å²) in [6, 6.07) is 7.00. The first-order valence-corrected chi connectivity index (χ1v) is 6.99. The van der Waals surface area contributed by atoms with Crippen LogP contribution in [-0.2, 0) is 6.54 Å². The van der Waals surface area contributed by atoms with Crippen molar-refractivity contribution in [1.29, 1.82) is 0 Å². The van der Waals surface area contributed by atoms with Crippen LogP contribution in [0.2, 0.25) is 0 Å². The van der Waals surface area contributed by atoms with Gasteiger partial charge in [-0.3, -0.25) is 4.90 Å². The first-order chi connectivity index (χ1) is 9.12. The number of nitrogens with two attached hydrogens (primary N) is 1. The van der Waals surface area contributed by atoms with E-state index in [0.717, 1.165) is 13.0 Å². The number of rotatable bonds is 5. The monoisotopic (exact) mass is 263 g/mol. The molecule has 0 amide bonds. The maximum Gasteiger partial charge on any atom is 0.0587 e. The van der Waals surface area contributed by atoms with E-state index in [1.165, 1.54) is 16.8 Å². The van der Waals surface area contributed by atoms with Crippen molar-refractivity contribution >= 4 is 5.69 Å². The predicted octanol–water partition coefficient (Wildman–Crippen LogP) is 1.34. The molecule has 0 bridgehead atoms. The quantitative estimate of drug-likeness (QED) is 0.842. The van der Waals surface area contributed by atoms with Crippen LogP contribution in [0.15, 0.2) is 18.2 Å². The van der Waals surface area contributed by atoms with Crippen LogP contribution in [0.1, 0.15) is 30.5 Å². The molecule has 106 valence electrons. The van der Waals surface area contributed by atoms with E-state index in [1.807, 2.05) is 0 Å². The number of benzene rings is 1. The Morgan fingerprint density at radius 3 is 2.74 bits per heavy atom. The molecule has 0 spiro atoms. The van der Waals surface area contributed by atoms with Gasteiger partial charge in [-0.25, -0.2) is 0 Å². The van der Waals surface area contributed by atoms with Crippen molar-refractivity contribution in [2.75, 3.05) is 32.1 Å². The Labute approximate surface area is 115 Å². The van der Waals surface area contributed by atoms with Crippen molar-refractivity contribution in [2.45, 2.75) is 32.0 Å². The number of hydrogen-bond donors (Lipinski definition) is 2. The summed E-state index contributed by atoms with van der Waals surface area (Å²) >= 11 is 0. The minimum Gasteiger partial charge on any atom is -0.395 e. The molecule has 2 unspecified atom stereocenters. The minimum atomic E-state index is 0.196. The second kappa shape index (κ2) is 5.90. The largest absolute Gasteiger partial charge is 0.395 e. The van der Waals surface area contributed by atoms with Gasteiger partial charge < -0.3 is 15.7 Å². The van der Waals surface area contributed by atoms with Crippen molar-refractivity contribution in [1.82, 2.24) is 4.90 Å². The van der Waals surface area contributed by atoms with E-state index < -0.39 is 0 Å². The number of fused-ring (bicyclic) bond motifs is 1. The second-order valence-electron chi connectivity index (χ2n) is 5.45. The van der Waals surface area contributed by atoms with Crippen LogP contribution in [0.3, 0.4) is 0 Å². The average Bonchev–Trinajstić information content (AvgIpc) is 2.77. The van der Waals surface area contributed by atoms with Crippen LogP contribution in [0, 0.1) is 0 Å². The van der Waals surface area contributed by atoms with E-state index in [2.05, 4.69) is 49.0 Å². The molecule has 1 aromatic rings. The standard InChI is InChI=1S/C15H25N3O/c1-4-12(10-19)18-9-11-5-6-13(17(2)3)7-14(11)15(18)8-16/h5-7,12,15,19H,4,8-10,16H2,1-3H3. The number of aliphatic hydroxyl groups is 1. The van der Waals surface area contributed by atoms with Gasteiger partial charge in [0.2, 0.25) is 0 Å². The van der Waals surface area contributed by atoms with Crippen molar-refractivity contribution in [3.63, 3.8) is 0 Å². The zero-order valence-electron chi connectivity index (χ0n) is 12.1. The van der Waals surface area contributed by atoms with Crippen molar-refractivity contribution in [3.05, 3.63) is 29.3 Å². The van der Waals surface area contributed by atoms with Crippen LogP contribution >= 0.6 is 0 Å². The summed E-state index contributed by atoms with van der Waals surface area (Å²) < 4.78 is 0. The summed E-state index contributed by atoms with van der Waals surface area (Å²) in [6.07, 6.45) is 0.946. The molecule has 0 aromatic heterocycles. The van der Waals surface area contributed by atoms with Crippen molar-refractivity contribution < 1.29 is 5.11 Å². The van der Waals surface area contributed by atoms with E-state index in [0.29, 0.717) is 6.54 Å². The zero-order chi connectivity index (χ0) is 14.0. The van der Waals surface area contributed by atoms with E-state index in [1.54, 1.807) is 0 Å². The van der Waals surface area contributed by atoms with Gasteiger partial charge in [-0.15, -0.1) is 0 Å². The summed E-state index contributed by atoms with van der Waals surface area (Å²) in [5.74, 6) is 0. The molecule has 4 nitrogen and oxygen atoms in total. The smallest absolute Gasteiger partial charge is 0.0587 e. The van der Waals surface area contributed by atoms with Crippen LogP contribution in [0.4, 0.5) is 5.69 Å². The fourth-order valence-corrected chi connectivity index (χ4v) is 2.91. The molecule has 1 heterocycles. The Balaban J connectivity index is 2.32. The molecule has 0 aliphatic carbocycles. The summed E-state index contributed by atoms with van der Waals surface area (Å²) in [5, 5.41) is 9.53. The lowest BCUT2D eigenvalue weighted by atomic mass is 10.0. The molecule has 19 heavy (non-hydrogen) atoms. The van der Waals surface area contributed by atoms with Gasteiger partial charge in [0.05, 0.1) is 6.61 Å².